The number of phenols is 1. The maximum absolute atomic E-state index is 9.41. The number of benzene rings is 1. The molecule has 0 aliphatic carbocycles. The second-order valence-corrected chi connectivity index (χ2v) is 4.84. The first kappa shape index (κ1) is 13.6. The number of nitrogens with one attached hydrogen (secondary N) is 1. The molecule has 0 radical (unpaired) electrons. The Morgan fingerprint density at radius 2 is 2.00 bits per heavy atom. The number of hydrogen-bond acceptors (Lipinski definition) is 5. The Labute approximate surface area is 126 Å². The summed E-state index contributed by atoms with van der Waals surface area (Å²) in [5.41, 5.74) is 9.98. The molecule has 22 heavy (non-hydrogen) atoms. The van der Waals surface area contributed by atoms with Gasteiger partial charge in [-0.2, -0.15) is 5.26 Å². The number of H-pyrrole nitrogens is 1. The normalized spacial score (nSPS) is 10.4. The van der Waals surface area contributed by atoms with E-state index in [1.54, 1.807) is 36.8 Å². The van der Waals surface area contributed by atoms with Gasteiger partial charge in [-0.05, 0) is 36.8 Å². The lowest BCUT2D eigenvalue weighted by atomic mass is 9.96. The smallest absolute Gasteiger partial charge is 0.142 e. The number of rotatable bonds is 2. The third kappa shape index (κ3) is 2.15. The van der Waals surface area contributed by atoms with Gasteiger partial charge in [0.25, 0.3) is 0 Å². The lowest BCUT2D eigenvalue weighted by Gasteiger charge is -2.13. The predicted octanol–water partition coefficient (Wildman–Crippen LogP) is 2.61. The highest BCUT2D eigenvalue weighted by molar-refractivity contribution is 5.82. The fourth-order valence-corrected chi connectivity index (χ4v) is 2.44. The van der Waals surface area contributed by atoms with Gasteiger partial charge >= 0.3 is 0 Å². The van der Waals surface area contributed by atoms with Crippen LogP contribution >= 0.6 is 0 Å². The third-order valence-corrected chi connectivity index (χ3v) is 3.49. The number of aromatic nitrogens is 3. The van der Waals surface area contributed by atoms with Gasteiger partial charge in [-0.3, -0.25) is 0 Å². The van der Waals surface area contributed by atoms with Crippen molar-refractivity contribution in [2.75, 3.05) is 5.73 Å². The zero-order chi connectivity index (χ0) is 15.7. The first-order valence-electron chi connectivity index (χ1n) is 6.60. The standard InChI is InChI=1S/C16H13N5O/c1-9-14(13-7-19-8-20-13)12(6-17)16(18)21-15(9)10-2-4-11(22)5-3-10/h2-5,7-8,22H,1H3,(H2,18,21)(H,19,20). The maximum Gasteiger partial charge on any atom is 0.142 e. The molecular weight excluding hydrogens is 278 g/mol. The van der Waals surface area contributed by atoms with Crippen molar-refractivity contribution in [2.45, 2.75) is 6.92 Å². The second-order valence-electron chi connectivity index (χ2n) is 4.84. The molecule has 0 atom stereocenters. The van der Waals surface area contributed by atoms with Crippen LogP contribution in [0, 0.1) is 18.3 Å². The summed E-state index contributed by atoms with van der Waals surface area (Å²) in [6, 6.07) is 8.79. The summed E-state index contributed by atoms with van der Waals surface area (Å²) in [6.07, 6.45) is 3.19. The van der Waals surface area contributed by atoms with Crippen molar-refractivity contribution in [2.24, 2.45) is 0 Å². The molecule has 0 bridgehead atoms. The first-order valence-corrected chi connectivity index (χ1v) is 6.60. The highest BCUT2D eigenvalue weighted by atomic mass is 16.3. The van der Waals surface area contributed by atoms with Crippen LogP contribution in [0.3, 0.4) is 0 Å². The van der Waals surface area contributed by atoms with Crippen LogP contribution in [0.4, 0.5) is 5.82 Å². The summed E-state index contributed by atoms with van der Waals surface area (Å²) in [5, 5.41) is 18.8. The van der Waals surface area contributed by atoms with E-state index in [-0.39, 0.29) is 11.6 Å². The van der Waals surface area contributed by atoms with Crippen LogP contribution in [0.15, 0.2) is 36.8 Å². The lowest BCUT2D eigenvalue weighted by Crippen LogP contribution is -2.03. The van der Waals surface area contributed by atoms with Crippen molar-refractivity contribution in [3.8, 4) is 34.3 Å². The molecule has 0 saturated heterocycles. The van der Waals surface area contributed by atoms with Crippen molar-refractivity contribution >= 4 is 5.82 Å². The van der Waals surface area contributed by atoms with Crippen LogP contribution < -0.4 is 5.73 Å². The molecule has 2 aromatic heterocycles. The Bertz CT molecular complexity index is 861. The Kier molecular flexibility index (Phi) is 3.24. The molecule has 3 aromatic rings. The van der Waals surface area contributed by atoms with Crippen LogP contribution in [-0.2, 0) is 0 Å². The summed E-state index contributed by atoms with van der Waals surface area (Å²) >= 11 is 0. The quantitative estimate of drug-likeness (QED) is 0.672. The number of pyridine rings is 1. The van der Waals surface area contributed by atoms with Crippen molar-refractivity contribution < 1.29 is 5.11 Å². The Balaban J connectivity index is 2.30. The zero-order valence-corrected chi connectivity index (χ0v) is 11.8. The molecule has 6 nitrogen and oxygen atoms in total. The first-order chi connectivity index (χ1) is 10.6. The number of phenolic OH excluding ortho intramolecular Hbond substituents is 1. The Morgan fingerprint density at radius 1 is 1.27 bits per heavy atom. The molecule has 108 valence electrons. The average molecular weight is 291 g/mol. The van der Waals surface area contributed by atoms with Crippen molar-refractivity contribution in [3.05, 3.63) is 47.9 Å². The van der Waals surface area contributed by atoms with Gasteiger partial charge in [0.1, 0.15) is 23.2 Å². The van der Waals surface area contributed by atoms with E-state index < -0.39 is 0 Å². The number of aromatic hydroxyl groups is 1. The summed E-state index contributed by atoms with van der Waals surface area (Å²) in [6.45, 7) is 1.88. The number of nitrogens with zero attached hydrogens (tertiary/aromatic N) is 3. The average Bonchev–Trinajstić information content (AvgIpc) is 3.03. The van der Waals surface area contributed by atoms with Crippen molar-refractivity contribution in [1.82, 2.24) is 15.0 Å². The topological polar surface area (TPSA) is 112 Å². The minimum atomic E-state index is 0.167. The van der Waals surface area contributed by atoms with E-state index in [9.17, 15) is 10.4 Å². The van der Waals surface area contributed by atoms with E-state index in [1.807, 2.05) is 6.92 Å². The molecule has 0 saturated carbocycles. The van der Waals surface area contributed by atoms with E-state index in [4.69, 9.17) is 5.73 Å². The summed E-state index contributed by atoms with van der Waals surface area (Å²) < 4.78 is 0. The Hall–Kier alpha value is -3.33. The van der Waals surface area contributed by atoms with E-state index in [0.717, 1.165) is 11.1 Å². The number of anilines is 1. The summed E-state index contributed by atoms with van der Waals surface area (Å²) in [4.78, 5) is 11.4. The van der Waals surface area contributed by atoms with Crippen LogP contribution in [0.5, 0.6) is 5.75 Å². The minimum absolute atomic E-state index is 0.167. The number of imidazole rings is 1. The van der Waals surface area contributed by atoms with Gasteiger partial charge in [0.2, 0.25) is 0 Å². The number of nitrogen functional groups attached to an aromatic ring is 1. The van der Waals surface area contributed by atoms with Gasteiger partial charge in [0, 0.05) is 11.1 Å². The molecule has 4 N–H and O–H groups in total. The number of nitriles is 1. The molecule has 1 aromatic carbocycles. The molecule has 0 aliphatic heterocycles. The van der Waals surface area contributed by atoms with E-state index in [0.29, 0.717) is 22.5 Å². The molecule has 3 rings (SSSR count). The number of aromatic amines is 1. The third-order valence-electron chi connectivity index (χ3n) is 3.49. The number of nitrogens with two attached hydrogens (primary N) is 1. The van der Waals surface area contributed by atoms with E-state index in [1.165, 1.54) is 0 Å². The molecule has 0 fully saturated rings. The summed E-state index contributed by atoms with van der Waals surface area (Å²) in [5.74, 6) is 0.345. The van der Waals surface area contributed by atoms with E-state index in [2.05, 4.69) is 21.0 Å². The second kappa shape index (κ2) is 5.22. The predicted molar refractivity (Wildman–Crippen MR) is 82.8 cm³/mol. The molecular formula is C16H13N5O. The maximum atomic E-state index is 9.41. The van der Waals surface area contributed by atoms with Gasteiger partial charge in [-0.25, -0.2) is 9.97 Å². The monoisotopic (exact) mass is 291 g/mol. The van der Waals surface area contributed by atoms with Gasteiger partial charge in [0.15, 0.2) is 0 Å². The molecule has 0 spiro atoms. The van der Waals surface area contributed by atoms with Crippen LogP contribution in [0.1, 0.15) is 11.1 Å². The van der Waals surface area contributed by atoms with Crippen molar-refractivity contribution in [3.63, 3.8) is 0 Å². The molecule has 0 aliphatic rings. The fourth-order valence-electron chi connectivity index (χ4n) is 2.44. The van der Waals surface area contributed by atoms with Crippen molar-refractivity contribution in [1.29, 1.82) is 5.26 Å². The van der Waals surface area contributed by atoms with Gasteiger partial charge < -0.3 is 15.8 Å². The largest absolute Gasteiger partial charge is 0.508 e. The van der Waals surface area contributed by atoms with Crippen LogP contribution in [0.2, 0.25) is 0 Å². The molecule has 6 heteroatoms. The van der Waals surface area contributed by atoms with E-state index >= 15 is 0 Å². The van der Waals surface area contributed by atoms with Crippen LogP contribution in [0.25, 0.3) is 22.5 Å². The zero-order valence-electron chi connectivity index (χ0n) is 11.8. The Morgan fingerprint density at radius 3 is 2.59 bits per heavy atom. The van der Waals surface area contributed by atoms with Gasteiger partial charge in [-0.1, -0.05) is 0 Å². The minimum Gasteiger partial charge on any atom is -0.508 e. The highest BCUT2D eigenvalue weighted by Gasteiger charge is 2.18. The molecule has 0 unspecified atom stereocenters. The lowest BCUT2D eigenvalue weighted by molar-refractivity contribution is 0.475. The summed E-state index contributed by atoms with van der Waals surface area (Å²) in [7, 11) is 0. The van der Waals surface area contributed by atoms with Crippen LogP contribution in [-0.4, -0.2) is 20.1 Å². The molecule has 2 heterocycles. The van der Waals surface area contributed by atoms with Gasteiger partial charge in [-0.15, -0.1) is 0 Å². The number of hydrogen-bond donors (Lipinski definition) is 3. The molecule has 0 amide bonds. The fraction of sp³-hybridized carbons (Fsp3) is 0.0625. The van der Waals surface area contributed by atoms with Gasteiger partial charge in [0.05, 0.1) is 23.9 Å². The SMILES string of the molecule is Cc1c(-c2ccc(O)cc2)nc(N)c(C#N)c1-c1cnc[nH]1. The highest BCUT2D eigenvalue weighted by Crippen LogP contribution is 2.34.